The third-order valence-electron chi connectivity index (χ3n) is 3.84. The zero-order chi connectivity index (χ0) is 16.2. The van der Waals surface area contributed by atoms with E-state index in [1.54, 1.807) is 12.1 Å². The summed E-state index contributed by atoms with van der Waals surface area (Å²) in [5.41, 5.74) is 0.991. The van der Waals surface area contributed by atoms with E-state index in [-0.39, 0.29) is 17.6 Å². The number of phenolic OH excluding ortho intramolecular Hbond substituents is 1. The van der Waals surface area contributed by atoms with Crippen LogP contribution in [-0.4, -0.2) is 11.1 Å². The molecule has 0 fully saturated rings. The van der Waals surface area contributed by atoms with Gasteiger partial charge in [0, 0.05) is 5.39 Å². The van der Waals surface area contributed by atoms with Gasteiger partial charge in [0.15, 0.2) is 0 Å². The van der Waals surface area contributed by atoms with Crippen LogP contribution in [0.4, 0.5) is 0 Å². The second kappa shape index (κ2) is 6.53. The Morgan fingerprint density at radius 2 is 1.70 bits per heavy atom. The van der Waals surface area contributed by atoms with Gasteiger partial charge in [-0.05, 0) is 35.6 Å². The van der Waals surface area contributed by atoms with Crippen molar-refractivity contribution in [2.75, 3.05) is 0 Å². The molecule has 3 nitrogen and oxygen atoms in total. The van der Waals surface area contributed by atoms with E-state index in [0.717, 1.165) is 16.3 Å². The Kier molecular flexibility index (Phi) is 4.29. The lowest BCUT2D eigenvalue weighted by molar-refractivity contribution is -0.138. The number of esters is 1. The van der Waals surface area contributed by atoms with Gasteiger partial charge in [-0.2, -0.15) is 0 Å². The largest absolute Gasteiger partial charge is 0.508 e. The molecule has 3 rings (SSSR count). The summed E-state index contributed by atoms with van der Waals surface area (Å²) in [7, 11) is 0. The Bertz CT molecular complexity index is 816. The van der Waals surface area contributed by atoms with Gasteiger partial charge in [-0.1, -0.05) is 55.5 Å². The summed E-state index contributed by atoms with van der Waals surface area (Å²) in [6.45, 7) is 1.85. The van der Waals surface area contributed by atoms with Gasteiger partial charge < -0.3 is 9.84 Å². The molecule has 1 atom stereocenters. The Morgan fingerprint density at radius 3 is 2.48 bits per heavy atom. The summed E-state index contributed by atoms with van der Waals surface area (Å²) in [6, 6.07) is 20.4. The molecule has 1 N–H and O–H groups in total. The maximum Gasteiger partial charge on any atom is 0.314 e. The number of carbonyl (C=O) groups is 1. The molecule has 0 radical (unpaired) electrons. The summed E-state index contributed by atoms with van der Waals surface area (Å²) in [4.78, 5) is 12.4. The van der Waals surface area contributed by atoms with Crippen LogP contribution in [0.3, 0.4) is 0 Å². The maximum absolute atomic E-state index is 12.4. The van der Waals surface area contributed by atoms with E-state index in [4.69, 9.17) is 4.74 Å². The molecular formula is C20H18O3. The van der Waals surface area contributed by atoms with Gasteiger partial charge in [0.2, 0.25) is 0 Å². The van der Waals surface area contributed by atoms with E-state index in [9.17, 15) is 9.90 Å². The van der Waals surface area contributed by atoms with Crippen LogP contribution in [0.1, 0.15) is 12.5 Å². The topological polar surface area (TPSA) is 46.5 Å². The molecule has 0 amide bonds. The summed E-state index contributed by atoms with van der Waals surface area (Å²) in [5.74, 6) is 0.290. The highest BCUT2D eigenvalue weighted by Gasteiger charge is 2.17. The lowest BCUT2D eigenvalue weighted by Gasteiger charge is -2.13. The van der Waals surface area contributed by atoms with Crippen LogP contribution in [-0.2, 0) is 11.2 Å². The number of phenols is 1. The van der Waals surface area contributed by atoms with Crippen LogP contribution in [0.2, 0.25) is 0 Å². The predicted molar refractivity (Wildman–Crippen MR) is 90.6 cm³/mol. The molecule has 0 aliphatic heterocycles. The zero-order valence-electron chi connectivity index (χ0n) is 12.9. The number of hydrogen-bond acceptors (Lipinski definition) is 3. The molecular weight excluding hydrogens is 288 g/mol. The molecule has 0 saturated heterocycles. The number of benzene rings is 3. The van der Waals surface area contributed by atoms with Crippen molar-refractivity contribution in [1.82, 2.24) is 0 Å². The van der Waals surface area contributed by atoms with Crippen LogP contribution < -0.4 is 4.74 Å². The highest BCUT2D eigenvalue weighted by atomic mass is 16.5. The normalized spacial score (nSPS) is 12.0. The van der Waals surface area contributed by atoms with Crippen molar-refractivity contribution in [3.63, 3.8) is 0 Å². The lowest BCUT2D eigenvalue weighted by atomic mass is 10.0. The summed E-state index contributed by atoms with van der Waals surface area (Å²) in [6.07, 6.45) is 0.573. The summed E-state index contributed by atoms with van der Waals surface area (Å²) < 4.78 is 5.60. The van der Waals surface area contributed by atoms with Crippen molar-refractivity contribution in [2.24, 2.45) is 5.92 Å². The Labute approximate surface area is 135 Å². The molecule has 0 aliphatic carbocycles. The smallest absolute Gasteiger partial charge is 0.314 e. The van der Waals surface area contributed by atoms with Crippen LogP contribution in [0.5, 0.6) is 11.5 Å². The van der Waals surface area contributed by atoms with Gasteiger partial charge in [0.05, 0.1) is 5.92 Å². The maximum atomic E-state index is 12.4. The van der Waals surface area contributed by atoms with E-state index in [1.165, 1.54) is 0 Å². The Morgan fingerprint density at radius 1 is 1.00 bits per heavy atom. The molecule has 3 aromatic rings. The lowest BCUT2D eigenvalue weighted by Crippen LogP contribution is -2.20. The van der Waals surface area contributed by atoms with E-state index in [1.807, 2.05) is 61.5 Å². The molecule has 116 valence electrons. The second-order valence-corrected chi connectivity index (χ2v) is 5.67. The van der Waals surface area contributed by atoms with Crippen LogP contribution in [0, 0.1) is 5.92 Å². The van der Waals surface area contributed by atoms with Gasteiger partial charge in [-0.3, -0.25) is 4.79 Å². The van der Waals surface area contributed by atoms with Crippen LogP contribution in [0.25, 0.3) is 10.8 Å². The van der Waals surface area contributed by atoms with Gasteiger partial charge in [0.25, 0.3) is 0 Å². The van der Waals surface area contributed by atoms with Crippen LogP contribution >= 0.6 is 0 Å². The average Bonchev–Trinajstić information content (AvgIpc) is 2.57. The number of fused-ring (bicyclic) bond motifs is 1. The van der Waals surface area contributed by atoms with E-state index < -0.39 is 0 Å². The van der Waals surface area contributed by atoms with Gasteiger partial charge in [0.1, 0.15) is 11.5 Å². The van der Waals surface area contributed by atoms with E-state index in [0.29, 0.717) is 12.2 Å². The highest BCUT2D eigenvalue weighted by molar-refractivity contribution is 5.90. The summed E-state index contributed by atoms with van der Waals surface area (Å²) >= 11 is 0. The van der Waals surface area contributed by atoms with Gasteiger partial charge in [-0.15, -0.1) is 0 Å². The fraction of sp³-hybridized carbons (Fsp3) is 0.150. The van der Waals surface area contributed by atoms with Crippen LogP contribution in [0.15, 0.2) is 66.7 Å². The molecule has 0 heterocycles. The first kappa shape index (κ1) is 15.1. The quantitative estimate of drug-likeness (QED) is 0.576. The first-order valence-corrected chi connectivity index (χ1v) is 7.61. The first-order chi connectivity index (χ1) is 11.1. The van der Waals surface area contributed by atoms with Crippen molar-refractivity contribution in [2.45, 2.75) is 13.3 Å². The Balaban J connectivity index is 1.74. The van der Waals surface area contributed by atoms with E-state index in [2.05, 4.69) is 0 Å². The van der Waals surface area contributed by atoms with Crippen molar-refractivity contribution in [1.29, 1.82) is 0 Å². The van der Waals surface area contributed by atoms with Gasteiger partial charge in [-0.25, -0.2) is 0 Å². The van der Waals surface area contributed by atoms with Crippen molar-refractivity contribution in [3.05, 3.63) is 72.3 Å². The third-order valence-corrected chi connectivity index (χ3v) is 3.84. The average molecular weight is 306 g/mol. The number of rotatable bonds is 4. The molecule has 0 aromatic heterocycles. The van der Waals surface area contributed by atoms with E-state index >= 15 is 0 Å². The minimum Gasteiger partial charge on any atom is -0.508 e. The standard InChI is InChI=1S/C20H18O3/c1-14(13-15-9-11-17(21)12-10-15)20(22)23-19-8-4-6-16-5-2-3-7-18(16)19/h2-12,14,21H,13H2,1H3. The monoisotopic (exact) mass is 306 g/mol. The molecule has 3 aromatic carbocycles. The number of hydrogen-bond donors (Lipinski definition) is 1. The van der Waals surface area contributed by atoms with Gasteiger partial charge >= 0.3 is 5.97 Å². The van der Waals surface area contributed by atoms with Crippen molar-refractivity contribution < 1.29 is 14.6 Å². The zero-order valence-corrected chi connectivity index (χ0v) is 12.9. The number of ether oxygens (including phenoxy) is 1. The minimum atomic E-state index is -0.265. The molecule has 3 heteroatoms. The predicted octanol–water partition coefficient (Wildman–Crippen LogP) is 4.33. The second-order valence-electron chi connectivity index (χ2n) is 5.67. The summed E-state index contributed by atoms with van der Waals surface area (Å²) in [5, 5.41) is 11.3. The fourth-order valence-corrected chi connectivity index (χ4v) is 2.56. The Hall–Kier alpha value is -2.81. The minimum absolute atomic E-state index is 0.222. The highest BCUT2D eigenvalue weighted by Crippen LogP contribution is 2.26. The molecule has 23 heavy (non-hydrogen) atoms. The fourth-order valence-electron chi connectivity index (χ4n) is 2.56. The number of carbonyl (C=O) groups excluding carboxylic acids is 1. The van der Waals surface area contributed by atoms with Crippen molar-refractivity contribution in [3.8, 4) is 11.5 Å². The molecule has 0 spiro atoms. The number of aromatic hydroxyl groups is 1. The molecule has 0 bridgehead atoms. The first-order valence-electron chi connectivity index (χ1n) is 7.61. The molecule has 0 saturated carbocycles. The molecule has 1 unspecified atom stereocenters. The molecule has 0 aliphatic rings. The third kappa shape index (κ3) is 3.51. The SMILES string of the molecule is CC(Cc1ccc(O)cc1)C(=O)Oc1cccc2ccccc12. The van der Waals surface area contributed by atoms with Crippen molar-refractivity contribution >= 4 is 16.7 Å².